The maximum atomic E-state index is 13.2. The minimum atomic E-state index is -0.615. The van der Waals surface area contributed by atoms with Crippen molar-refractivity contribution in [1.82, 2.24) is 0 Å². The van der Waals surface area contributed by atoms with Crippen LogP contribution in [0, 0.1) is 24.0 Å². The zero-order valence-corrected chi connectivity index (χ0v) is 16.6. The zero-order valence-electron chi connectivity index (χ0n) is 16.6. The van der Waals surface area contributed by atoms with E-state index < -0.39 is 10.9 Å². The number of benzene rings is 2. The van der Waals surface area contributed by atoms with Gasteiger partial charge in [0.1, 0.15) is 0 Å². The van der Waals surface area contributed by atoms with Crippen LogP contribution in [0.4, 0.5) is 11.4 Å². The second-order valence-corrected chi connectivity index (χ2v) is 6.85. The lowest BCUT2D eigenvalue weighted by Gasteiger charge is -2.19. The van der Waals surface area contributed by atoms with Gasteiger partial charge >= 0.3 is 5.97 Å². The predicted molar refractivity (Wildman–Crippen MR) is 109 cm³/mol. The number of non-ortho nitro benzene ring substituents is 1. The second-order valence-electron chi connectivity index (χ2n) is 6.85. The van der Waals surface area contributed by atoms with Crippen LogP contribution in [0.3, 0.4) is 0 Å². The molecule has 2 aromatic carbocycles. The molecule has 0 bridgehead atoms. The van der Waals surface area contributed by atoms with Gasteiger partial charge in [-0.15, -0.1) is 0 Å². The third-order valence-corrected chi connectivity index (χ3v) is 4.67. The molecule has 0 saturated heterocycles. The smallest absolute Gasteiger partial charge is 0.340 e. The summed E-state index contributed by atoms with van der Waals surface area (Å²) in [5.41, 5.74) is 3.99. The van der Waals surface area contributed by atoms with E-state index in [9.17, 15) is 19.7 Å². The van der Waals surface area contributed by atoms with Crippen LogP contribution in [-0.4, -0.2) is 23.9 Å². The molecule has 0 N–H and O–H groups in total. The van der Waals surface area contributed by atoms with Gasteiger partial charge in [0, 0.05) is 23.5 Å². The Bertz CT molecular complexity index is 1060. The Morgan fingerprint density at radius 1 is 1.07 bits per heavy atom. The molecule has 1 aliphatic heterocycles. The fourth-order valence-corrected chi connectivity index (χ4v) is 3.43. The number of carbonyl (C=O) groups excluding carboxylic acids is 2. The Morgan fingerprint density at radius 3 is 2.17 bits per heavy atom. The molecule has 1 heterocycles. The van der Waals surface area contributed by atoms with Crippen molar-refractivity contribution in [3.05, 3.63) is 86.1 Å². The van der Waals surface area contributed by atoms with Crippen molar-refractivity contribution >= 4 is 29.3 Å². The largest absolute Gasteiger partial charge is 0.465 e. The maximum absolute atomic E-state index is 13.2. The number of hydrogen-bond acceptors (Lipinski definition) is 5. The molecule has 0 aliphatic carbocycles. The van der Waals surface area contributed by atoms with Crippen LogP contribution in [0.5, 0.6) is 0 Å². The van der Waals surface area contributed by atoms with Gasteiger partial charge in [0.2, 0.25) is 0 Å². The molecule has 0 aromatic heterocycles. The Kier molecular flexibility index (Phi) is 5.32. The highest BCUT2D eigenvalue weighted by Gasteiger charge is 2.38. The summed E-state index contributed by atoms with van der Waals surface area (Å²) in [6.45, 7) is 5.56. The lowest BCUT2D eigenvalue weighted by Crippen LogP contribution is -2.24. The maximum Gasteiger partial charge on any atom is 0.340 e. The first-order chi connectivity index (χ1) is 13.7. The summed E-state index contributed by atoms with van der Waals surface area (Å²) in [7, 11) is 1.26. The van der Waals surface area contributed by atoms with Gasteiger partial charge in [-0.1, -0.05) is 6.07 Å². The van der Waals surface area contributed by atoms with Gasteiger partial charge in [0.05, 0.1) is 23.2 Å². The third kappa shape index (κ3) is 3.80. The van der Waals surface area contributed by atoms with Crippen LogP contribution in [0.1, 0.15) is 23.6 Å². The average molecular weight is 392 g/mol. The molecular formula is C22H20N2O5. The number of carbonyl (C=O) groups is 2. The van der Waals surface area contributed by atoms with Crippen molar-refractivity contribution in [2.24, 2.45) is 0 Å². The number of methoxy groups -OCH3 is 1. The van der Waals surface area contributed by atoms with Crippen LogP contribution < -0.4 is 4.90 Å². The van der Waals surface area contributed by atoms with Gasteiger partial charge in [0.15, 0.2) is 0 Å². The van der Waals surface area contributed by atoms with Crippen molar-refractivity contribution in [2.75, 3.05) is 12.0 Å². The zero-order chi connectivity index (χ0) is 21.3. The molecule has 0 radical (unpaired) electrons. The van der Waals surface area contributed by atoms with Gasteiger partial charge in [-0.05, 0) is 67.8 Å². The van der Waals surface area contributed by atoms with Crippen molar-refractivity contribution in [3.63, 3.8) is 0 Å². The highest BCUT2D eigenvalue weighted by Crippen LogP contribution is 2.36. The van der Waals surface area contributed by atoms with Gasteiger partial charge in [-0.2, -0.15) is 0 Å². The number of nitrogens with zero attached hydrogens (tertiary/aromatic N) is 2. The standard InChI is InChI=1S/C22H20N2O5/c1-13-9-14(2)11-18(10-13)23-15(3)20(22(26)29-4)19(21(23)25)12-16-5-7-17(8-6-16)24(27)28/h5-12H,1-4H3/b19-12-. The fourth-order valence-electron chi connectivity index (χ4n) is 3.43. The van der Waals surface area contributed by atoms with Gasteiger partial charge in [-0.3, -0.25) is 19.8 Å². The lowest BCUT2D eigenvalue weighted by atomic mass is 10.0. The molecule has 148 valence electrons. The normalized spacial score (nSPS) is 15.2. The van der Waals surface area contributed by atoms with E-state index in [4.69, 9.17) is 4.74 Å². The second kappa shape index (κ2) is 7.71. The summed E-state index contributed by atoms with van der Waals surface area (Å²) in [6.07, 6.45) is 1.55. The number of allylic oxidation sites excluding steroid dienone is 1. The summed E-state index contributed by atoms with van der Waals surface area (Å²) < 4.78 is 4.90. The van der Waals surface area contributed by atoms with Crippen LogP contribution in [-0.2, 0) is 14.3 Å². The Hall–Kier alpha value is -3.74. The molecule has 29 heavy (non-hydrogen) atoms. The van der Waals surface area contributed by atoms with E-state index in [1.165, 1.54) is 36.3 Å². The third-order valence-electron chi connectivity index (χ3n) is 4.67. The number of anilines is 1. The Morgan fingerprint density at radius 2 is 1.66 bits per heavy atom. The lowest BCUT2D eigenvalue weighted by molar-refractivity contribution is -0.384. The van der Waals surface area contributed by atoms with E-state index in [2.05, 4.69) is 0 Å². The number of nitro benzene ring substituents is 1. The quantitative estimate of drug-likeness (QED) is 0.338. The molecule has 0 atom stereocenters. The first kappa shape index (κ1) is 20.0. The predicted octanol–water partition coefficient (Wildman–Crippen LogP) is 4.09. The van der Waals surface area contributed by atoms with Gasteiger partial charge in [0.25, 0.3) is 11.6 Å². The van der Waals surface area contributed by atoms with Crippen molar-refractivity contribution in [1.29, 1.82) is 0 Å². The highest BCUT2D eigenvalue weighted by atomic mass is 16.6. The number of esters is 1. The van der Waals surface area contributed by atoms with E-state index >= 15 is 0 Å². The summed E-state index contributed by atoms with van der Waals surface area (Å²) in [6, 6.07) is 11.5. The summed E-state index contributed by atoms with van der Waals surface area (Å²) >= 11 is 0. The summed E-state index contributed by atoms with van der Waals surface area (Å²) in [5, 5.41) is 10.8. The topological polar surface area (TPSA) is 89.8 Å². The van der Waals surface area contributed by atoms with Crippen molar-refractivity contribution in [3.8, 4) is 0 Å². The molecule has 2 aromatic rings. The first-order valence-electron chi connectivity index (χ1n) is 8.91. The van der Waals surface area contributed by atoms with E-state index in [-0.39, 0.29) is 22.7 Å². The minimum absolute atomic E-state index is 0.0540. The molecule has 1 amide bonds. The number of aryl methyl sites for hydroxylation is 2. The molecule has 7 heteroatoms. The Labute approximate surface area is 168 Å². The number of nitro groups is 1. The van der Waals surface area contributed by atoms with E-state index in [0.717, 1.165) is 11.1 Å². The van der Waals surface area contributed by atoms with Crippen LogP contribution in [0.2, 0.25) is 0 Å². The molecule has 0 saturated carbocycles. The average Bonchev–Trinajstić information content (AvgIpc) is 2.90. The fraction of sp³-hybridized carbons (Fsp3) is 0.182. The molecule has 0 spiro atoms. The van der Waals surface area contributed by atoms with E-state index in [0.29, 0.717) is 16.9 Å². The van der Waals surface area contributed by atoms with Crippen molar-refractivity contribution in [2.45, 2.75) is 20.8 Å². The SMILES string of the molecule is COC(=O)C1=C(C)N(c2cc(C)cc(C)c2)C(=O)/C1=C\c1ccc([N+](=O)[O-])cc1. The Balaban J connectivity index is 2.12. The van der Waals surface area contributed by atoms with Gasteiger partial charge < -0.3 is 4.74 Å². The van der Waals surface area contributed by atoms with E-state index in [1.807, 2.05) is 32.0 Å². The number of ether oxygens (including phenoxy) is 1. The monoisotopic (exact) mass is 392 g/mol. The molecule has 7 nitrogen and oxygen atoms in total. The number of rotatable bonds is 4. The first-order valence-corrected chi connectivity index (χ1v) is 8.91. The molecule has 0 fully saturated rings. The van der Waals surface area contributed by atoms with Gasteiger partial charge in [-0.25, -0.2) is 4.79 Å². The molecule has 0 unspecified atom stereocenters. The number of hydrogen-bond donors (Lipinski definition) is 0. The summed E-state index contributed by atoms with van der Waals surface area (Å²) in [4.78, 5) is 37.5. The number of amides is 1. The molecule has 1 aliphatic rings. The molecule has 3 rings (SSSR count). The van der Waals surface area contributed by atoms with E-state index in [1.54, 1.807) is 13.0 Å². The molecular weight excluding hydrogens is 372 g/mol. The summed E-state index contributed by atoms with van der Waals surface area (Å²) in [5.74, 6) is -0.970. The highest BCUT2D eigenvalue weighted by molar-refractivity contribution is 6.23. The van der Waals surface area contributed by atoms with Crippen molar-refractivity contribution < 1.29 is 19.2 Å². The van der Waals surface area contributed by atoms with Crippen LogP contribution >= 0.6 is 0 Å². The van der Waals surface area contributed by atoms with Crippen LogP contribution in [0.25, 0.3) is 6.08 Å². The van der Waals surface area contributed by atoms with Crippen LogP contribution in [0.15, 0.2) is 59.3 Å². The minimum Gasteiger partial charge on any atom is -0.465 e.